The number of benzene rings is 2. The SMILES string of the molecule is Cc1ccc(CC(=O)[C@@H]2C[C@@]2(COc2cnc(C)nc2C)c2cccc(F)c2)nc1.Cc1ncc(OC[C@@]2(c3cccc(F)c3)C[C@H]2C(=O)Cc2ccccn2)c(C)n1. The molecule has 0 spiro atoms. The Hall–Kier alpha value is -6.30. The van der Waals surface area contributed by atoms with Gasteiger partial charge in [0.25, 0.3) is 0 Å². The monoisotopic (exact) mass is 796 g/mol. The van der Waals surface area contributed by atoms with Crippen LogP contribution in [0.5, 0.6) is 11.5 Å². The Balaban J connectivity index is 0.000000179. The zero-order valence-corrected chi connectivity index (χ0v) is 33.8. The van der Waals surface area contributed by atoms with Gasteiger partial charge >= 0.3 is 0 Å². The number of aromatic nitrogens is 6. The normalized spacial score (nSPS) is 20.2. The molecule has 4 heterocycles. The average molecular weight is 797 g/mol. The second kappa shape index (κ2) is 17.3. The molecule has 302 valence electrons. The van der Waals surface area contributed by atoms with Crippen LogP contribution in [-0.4, -0.2) is 54.7 Å². The highest BCUT2D eigenvalue weighted by Crippen LogP contribution is 2.56. The summed E-state index contributed by atoms with van der Waals surface area (Å²) in [7, 11) is 0. The summed E-state index contributed by atoms with van der Waals surface area (Å²) in [4.78, 5) is 51.6. The molecule has 4 atom stereocenters. The summed E-state index contributed by atoms with van der Waals surface area (Å²) in [6, 6.07) is 22.2. The van der Waals surface area contributed by atoms with E-state index in [2.05, 4.69) is 29.9 Å². The fraction of sp³-hybridized carbons (Fsp3) is 0.319. The minimum absolute atomic E-state index is 0.0911. The maximum Gasteiger partial charge on any atom is 0.158 e. The van der Waals surface area contributed by atoms with Gasteiger partial charge in [0.2, 0.25) is 0 Å². The van der Waals surface area contributed by atoms with Crippen LogP contribution in [-0.2, 0) is 33.3 Å². The van der Waals surface area contributed by atoms with Crippen molar-refractivity contribution in [3.05, 3.63) is 166 Å². The lowest BCUT2D eigenvalue weighted by Gasteiger charge is -2.19. The maximum atomic E-state index is 14.0. The Bertz CT molecular complexity index is 2470. The molecular weight excluding hydrogens is 751 g/mol. The maximum absolute atomic E-state index is 14.0. The second-order valence-corrected chi connectivity index (χ2v) is 15.6. The zero-order chi connectivity index (χ0) is 41.7. The van der Waals surface area contributed by atoms with E-state index in [1.165, 1.54) is 24.3 Å². The summed E-state index contributed by atoms with van der Waals surface area (Å²) < 4.78 is 39.9. The first-order valence-corrected chi connectivity index (χ1v) is 19.6. The molecule has 59 heavy (non-hydrogen) atoms. The van der Waals surface area contributed by atoms with Crippen LogP contribution in [0, 0.1) is 58.1 Å². The van der Waals surface area contributed by atoms with Crippen molar-refractivity contribution in [3.63, 3.8) is 0 Å². The number of aryl methyl sites for hydroxylation is 5. The van der Waals surface area contributed by atoms with Gasteiger partial charge in [-0.2, -0.15) is 0 Å². The molecule has 2 saturated carbocycles. The fourth-order valence-electron chi connectivity index (χ4n) is 7.72. The molecule has 2 aliphatic rings. The zero-order valence-electron chi connectivity index (χ0n) is 33.8. The molecule has 2 fully saturated rings. The molecule has 0 radical (unpaired) electrons. The molecule has 4 aromatic heterocycles. The third-order valence-corrected chi connectivity index (χ3v) is 11.2. The summed E-state index contributed by atoms with van der Waals surface area (Å²) in [5.74, 6) is 1.56. The van der Waals surface area contributed by atoms with E-state index in [1.54, 1.807) is 36.9 Å². The van der Waals surface area contributed by atoms with Gasteiger partial charge < -0.3 is 9.47 Å². The highest BCUT2D eigenvalue weighted by molar-refractivity contribution is 5.88. The van der Waals surface area contributed by atoms with Gasteiger partial charge in [-0.15, -0.1) is 0 Å². The van der Waals surface area contributed by atoms with E-state index >= 15 is 0 Å². The Morgan fingerprint density at radius 3 is 1.54 bits per heavy atom. The predicted octanol–water partition coefficient (Wildman–Crippen LogP) is 7.86. The van der Waals surface area contributed by atoms with Gasteiger partial charge in [0, 0.05) is 59.3 Å². The lowest BCUT2D eigenvalue weighted by atomic mass is 9.91. The van der Waals surface area contributed by atoms with Crippen LogP contribution < -0.4 is 9.47 Å². The number of halogens is 2. The molecule has 6 aromatic rings. The molecule has 0 amide bonds. The van der Waals surface area contributed by atoms with E-state index in [0.717, 1.165) is 39.5 Å². The van der Waals surface area contributed by atoms with E-state index in [-0.39, 0.29) is 61.1 Å². The van der Waals surface area contributed by atoms with Crippen LogP contribution in [0.15, 0.2) is 104 Å². The third-order valence-electron chi connectivity index (χ3n) is 11.2. The molecule has 0 saturated heterocycles. The van der Waals surface area contributed by atoms with Gasteiger partial charge in [0.1, 0.15) is 34.8 Å². The number of pyridine rings is 2. The van der Waals surface area contributed by atoms with Crippen molar-refractivity contribution >= 4 is 11.6 Å². The molecule has 0 N–H and O–H groups in total. The average Bonchev–Trinajstić information content (AvgIpc) is 4.14. The van der Waals surface area contributed by atoms with Crippen LogP contribution >= 0.6 is 0 Å². The molecule has 0 bridgehead atoms. The van der Waals surface area contributed by atoms with Crippen LogP contribution in [0.1, 0.15) is 64.0 Å². The fourth-order valence-corrected chi connectivity index (χ4v) is 7.72. The standard InChI is InChI=1S/C24H24FN3O2.C23H22FN3O2/c1-15-7-8-20(27-12-15)10-22(29)21-11-24(21,18-5-4-6-19(25)9-18)14-30-23-13-26-17(3)28-16(23)2;1-15-22(13-26-16(2)27-15)29-14-23(17-6-5-7-18(24)10-17)12-20(23)21(28)11-19-8-3-4-9-25-19/h4-9,12-13,21H,10-11,14H2,1-3H3;3-10,13,20H,11-12,14H2,1-2H3/t21-,24+;20-,23+/m00/s1. The van der Waals surface area contributed by atoms with Crippen molar-refractivity contribution in [1.82, 2.24) is 29.9 Å². The van der Waals surface area contributed by atoms with Crippen molar-refractivity contribution in [2.45, 2.75) is 71.1 Å². The van der Waals surface area contributed by atoms with E-state index in [4.69, 9.17) is 9.47 Å². The smallest absolute Gasteiger partial charge is 0.158 e. The van der Waals surface area contributed by atoms with Crippen molar-refractivity contribution in [1.29, 1.82) is 0 Å². The molecule has 12 heteroatoms. The van der Waals surface area contributed by atoms with Gasteiger partial charge in [-0.1, -0.05) is 36.4 Å². The highest BCUT2D eigenvalue weighted by atomic mass is 19.1. The predicted molar refractivity (Wildman–Crippen MR) is 217 cm³/mol. The molecule has 0 aliphatic heterocycles. The first-order chi connectivity index (χ1) is 28.3. The molecule has 2 aromatic carbocycles. The summed E-state index contributed by atoms with van der Waals surface area (Å²) in [5.41, 5.74) is 4.47. The molecule has 2 aliphatic carbocycles. The number of Topliss-reactive ketones (excluding diaryl/α,β-unsaturated/α-hetero) is 2. The van der Waals surface area contributed by atoms with Crippen molar-refractivity contribution in [3.8, 4) is 11.5 Å². The number of hydrogen-bond donors (Lipinski definition) is 0. The van der Waals surface area contributed by atoms with E-state index in [0.29, 0.717) is 36.0 Å². The largest absolute Gasteiger partial charge is 0.489 e. The summed E-state index contributed by atoms with van der Waals surface area (Å²) >= 11 is 0. The van der Waals surface area contributed by atoms with E-state index in [9.17, 15) is 18.4 Å². The van der Waals surface area contributed by atoms with Crippen LogP contribution in [0.3, 0.4) is 0 Å². The minimum atomic E-state index is -0.554. The first kappa shape index (κ1) is 40.9. The number of hydrogen-bond acceptors (Lipinski definition) is 10. The molecular formula is C47H46F2N6O4. The number of carbonyl (C=O) groups excluding carboxylic acids is 2. The summed E-state index contributed by atoms with van der Waals surface area (Å²) in [6.07, 6.45) is 8.48. The lowest BCUT2D eigenvalue weighted by molar-refractivity contribution is -0.121. The van der Waals surface area contributed by atoms with Crippen molar-refractivity contribution < 1.29 is 27.8 Å². The Kier molecular flexibility index (Phi) is 12.0. The van der Waals surface area contributed by atoms with Gasteiger partial charge in [0.05, 0.1) is 37.0 Å². The van der Waals surface area contributed by atoms with Crippen LogP contribution in [0.25, 0.3) is 0 Å². The number of carbonyl (C=O) groups is 2. The summed E-state index contributed by atoms with van der Waals surface area (Å²) in [6.45, 7) is 9.84. The second-order valence-electron chi connectivity index (χ2n) is 15.6. The lowest BCUT2D eigenvalue weighted by Crippen LogP contribution is -2.25. The van der Waals surface area contributed by atoms with E-state index in [1.807, 2.05) is 77.1 Å². The topological polar surface area (TPSA) is 130 Å². The Morgan fingerprint density at radius 1 is 0.610 bits per heavy atom. The van der Waals surface area contributed by atoms with Gasteiger partial charge in [-0.3, -0.25) is 19.6 Å². The molecule has 0 unspecified atom stereocenters. The highest BCUT2D eigenvalue weighted by Gasteiger charge is 2.60. The van der Waals surface area contributed by atoms with Crippen molar-refractivity contribution in [2.24, 2.45) is 11.8 Å². The number of rotatable bonds is 14. The van der Waals surface area contributed by atoms with Gasteiger partial charge in [-0.05, 0) is 107 Å². The first-order valence-electron chi connectivity index (χ1n) is 19.6. The quantitative estimate of drug-likeness (QED) is 0.107. The van der Waals surface area contributed by atoms with Crippen LogP contribution in [0.4, 0.5) is 8.78 Å². The van der Waals surface area contributed by atoms with Crippen molar-refractivity contribution in [2.75, 3.05) is 13.2 Å². The number of ether oxygens (including phenoxy) is 2. The number of nitrogens with zero attached hydrogens (tertiary/aromatic N) is 6. The van der Waals surface area contributed by atoms with Gasteiger partial charge in [-0.25, -0.2) is 28.7 Å². The van der Waals surface area contributed by atoms with E-state index < -0.39 is 10.8 Å². The van der Waals surface area contributed by atoms with Crippen LogP contribution in [0.2, 0.25) is 0 Å². The number of ketones is 2. The summed E-state index contributed by atoms with van der Waals surface area (Å²) in [5, 5.41) is 0. The molecule has 10 nitrogen and oxygen atoms in total. The van der Waals surface area contributed by atoms with Gasteiger partial charge in [0.15, 0.2) is 11.5 Å². The minimum Gasteiger partial charge on any atom is -0.489 e. The Morgan fingerprint density at radius 2 is 1.12 bits per heavy atom. The molecule has 8 rings (SSSR count). The Labute approximate surface area is 342 Å². The third kappa shape index (κ3) is 9.54.